The first-order valence-corrected chi connectivity index (χ1v) is 8.04. The van der Waals surface area contributed by atoms with E-state index in [1.807, 2.05) is 0 Å². The first-order valence-electron chi connectivity index (χ1n) is 7.28. The molecular formula is C17H17Cl2N3O2. The van der Waals surface area contributed by atoms with Gasteiger partial charge in [-0.25, -0.2) is 0 Å². The summed E-state index contributed by atoms with van der Waals surface area (Å²) in [7, 11) is 0. The molecule has 0 aliphatic heterocycles. The van der Waals surface area contributed by atoms with Crippen molar-refractivity contribution in [3.63, 3.8) is 0 Å². The fourth-order valence-corrected chi connectivity index (χ4v) is 2.65. The minimum absolute atomic E-state index is 0.103. The molecule has 0 aliphatic carbocycles. The first kappa shape index (κ1) is 18.3. The minimum Gasteiger partial charge on any atom is -0.395 e. The van der Waals surface area contributed by atoms with E-state index in [0.717, 1.165) is 5.56 Å². The van der Waals surface area contributed by atoms with E-state index >= 15 is 0 Å². The molecule has 5 nitrogen and oxygen atoms in total. The molecule has 0 aromatic heterocycles. The summed E-state index contributed by atoms with van der Waals surface area (Å²) in [4.78, 5) is 11.9. The van der Waals surface area contributed by atoms with Gasteiger partial charge in [-0.3, -0.25) is 10.2 Å². The second-order valence-electron chi connectivity index (χ2n) is 4.95. The molecule has 0 radical (unpaired) electrons. The maximum absolute atomic E-state index is 11.9. The highest BCUT2D eigenvalue weighted by Gasteiger charge is 2.15. The van der Waals surface area contributed by atoms with Crippen LogP contribution < -0.4 is 10.6 Å². The summed E-state index contributed by atoms with van der Waals surface area (Å²) >= 11 is 12.3. The number of rotatable bonds is 7. The first-order chi connectivity index (χ1) is 11.5. The van der Waals surface area contributed by atoms with Crippen LogP contribution in [0.25, 0.3) is 0 Å². The van der Waals surface area contributed by atoms with Gasteiger partial charge in [0.15, 0.2) is 0 Å². The van der Waals surface area contributed by atoms with Crippen molar-refractivity contribution in [2.45, 2.75) is 6.54 Å². The third-order valence-corrected chi connectivity index (χ3v) is 4.05. The van der Waals surface area contributed by atoms with E-state index in [1.54, 1.807) is 42.5 Å². The Hall–Kier alpha value is -2.08. The molecule has 4 N–H and O–H groups in total. The van der Waals surface area contributed by atoms with E-state index in [-0.39, 0.29) is 18.9 Å². The molecule has 2 aromatic rings. The number of hydrogen-bond acceptors (Lipinski definition) is 4. The van der Waals surface area contributed by atoms with Crippen LogP contribution in [0.15, 0.2) is 42.5 Å². The summed E-state index contributed by atoms with van der Waals surface area (Å²) in [6.07, 6.45) is 0. The van der Waals surface area contributed by atoms with Crippen molar-refractivity contribution in [3.05, 3.63) is 63.6 Å². The number of amides is 1. The average Bonchev–Trinajstić information content (AvgIpc) is 2.59. The zero-order valence-corrected chi connectivity index (χ0v) is 14.3. The number of carbonyl (C=O) groups is 1. The number of nitrogens with one attached hydrogen (secondary N) is 3. The standard InChI is InChI=1S/C17H17Cl2N3O2/c18-13-5-3-6-14(19)12(13)10-22-15-7-2-1-4-11(15)16(20)17(24)21-8-9-23/h1-7,20,22-23H,8-10H2,(H,21,24). The van der Waals surface area contributed by atoms with Crippen molar-refractivity contribution >= 4 is 40.5 Å². The Morgan fingerprint density at radius 1 is 1.08 bits per heavy atom. The summed E-state index contributed by atoms with van der Waals surface area (Å²) in [5.41, 5.74) is 1.64. The van der Waals surface area contributed by atoms with Crippen LogP contribution in [0.1, 0.15) is 11.1 Å². The zero-order valence-electron chi connectivity index (χ0n) is 12.8. The third kappa shape index (κ3) is 4.47. The molecule has 0 heterocycles. The molecule has 0 unspecified atom stereocenters. The van der Waals surface area contributed by atoms with Gasteiger partial charge in [-0.1, -0.05) is 47.5 Å². The molecule has 2 rings (SSSR count). The lowest BCUT2D eigenvalue weighted by Gasteiger charge is -2.14. The number of halogens is 2. The van der Waals surface area contributed by atoms with Gasteiger partial charge in [0.05, 0.1) is 6.61 Å². The lowest BCUT2D eigenvalue weighted by Crippen LogP contribution is -2.33. The molecule has 0 fully saturated rings. The summed E-state index contributed by atoms with van der Waals surface area (Å²) in [5.74, 6) is -0.547. The number of benzene rings is 2. The summed E-state index contributed by atoms with van der Waals surface area (Å²) in [6, 6.07) is 12.3. The molecule has 7 heteroatoms. The van der Waals surface area contributed by atoms with Gasteiger partial charge in [0.2, 0.25) is 0 Å². The number of anilines is 1. The Balaban J connectivity index is 2.17. The van der Waals surface area contributed by atoms with Crippen LogP contribution >= 0.6 is 23.2 Å². The van der Waals surface area contributed by atoms with Crippen molar-refractivity contribution in [1.82, 2.24) is 5.32 Å². The van der Waals surface area contributed by atoms with E-state index in [1.165, 1.54) is 0 Å². The van der Waals surface area contributed by atoms with Gasteiger partial charge in [0.25, 0.3) is 5.91 Å². The monoisotopic (exact) mass is 365 g/mol. The molecule has 0 saturated heterocycles. The third-order valence-electron chi connectivity index (χ3n) is 3.34. The fourth-order valence-electron chi connectivity index (χ4n) is 2.12. The molecule has 0 saturated carbocycles. The maximum atomic E-state index is 11.9. The molecule has 1 amide bonds. The Morgan fingerprint density at radius 2 is 1.75 bits per heavy atom. The smallest absolute Gasteiger partial charge is 0.269 e. The highest BCUT2D eigenvalue weighted by atomic mass is 35.5. The van der Waals surface area contributed by atoms with E-state index in [9.17, 15) is 4.79 Å². The zero-order chi connectivity index (χ0) is 17.5. The lowest BCUT2D eigenvalue weighted by atomic mass is 10.1. The van der Waals surface area contributed by atoms with Crippen molar-refractivity contribution < 1.29 is 9.90 Å². The van der Waals surface area contributed by atoms with Crippen LogP contribution in [0.4, 0.5) is 5.69 Å². The van der Waals surface area contributed by atoms with Crippen LogP contribution in [0.3, 0.4) is 0 Å². The van der Waals surface area contributed by atoms with E-state index in [2.05, 4.69) is 10.6 Å². The number of carbonyl (C=O) groups excluding carboxylic acids is 1. The number of hydrogen-bond donors (Lipinski definition) is 4. The van der Waals surface area contributed by atoms with Gasteiger partial charge in [-0.05, 0) is 18.2 Å². The Morgan fingerprint density at radius 3 is 2.42 bits per heavy atom. The summed E-state index contributed by atoms with van der Waals surface area (Å²) in [6.45, 7) is 0.289. The molecular weight excluding hydrogens is 349 g/mol. The van der Waals surface area contributed by atoms with Gasteiger partial charge in [0, 0.05) is 39.9 Å². The van der Waals surface area contributed by atoms with Crippen LogP contribution in [0.5, 0.6) is 0 Å². The van der Waals surface area contributed by atoms with Crippen LogP contribution in [-0.2, 0) is 11.3 Å². The molecule has 2 aromatic carbocycles. The van der Waals surface area contributed by atoms with Crippen molar-refractivity contribution in [1.29, 1.82) is 5.41 Å². The highest BCUT2D eigenvalue weighted by molar-refractivity contribution is 6.45. The molecule has 0 aliphatic rings. The second kappa shape index (κ2) is 8.68. The number of aliphatic hydroxyl groups excluding tert-OH is 1. The van der Waals surface area contributed by atoms with Crippen molar-refractivity contribution in [3.8, 4) is 0 Å². The normalized spacial score (nSPS) is 10.3. The van der Waals surface area contributed by atoms with Crippen molar-refractivity contribution in [2.24, 2.45) is 0 Å². The van der Waals surface area contributed by atoms with Gasteiger partial charge in [-0.2, -0.15) is 0 Å². The van der Waals surface area contributed by atoms with E-state index in [4.69, 9.17) is 33.7 Å². The molecule has 24 heavy (non-hydrogen) atoms. The SMILES string of the molecule is N=C(C(=O)NCCO)c1ccccc1NCc1c(Cl)cccc1Cl. The van der Waals surface area contributed by atoms with Gasteiger partial charge in [-0.15, -0.1) is 0 Å². The van der Waals surface area contributed by atoms with Crippen LogP contribution in [-0.4, -0.2) is 29.9 Å². The summed E-state index contributed by atoms with van der Waals surface area (Å²) in [5, 5.41) is 23.5. The lowest BCUT2D eigenvalue weighted by molar-refractivity contribution is -0.114. The molecule has 0 atom stereocenters. The fraction of sp³-hybridized carbons (Fsp3) is 0.176. The largest absolute Gasteiger partial charge is 0.395 e. The van der Waals surface area contributed by atoms with E-state index < -0.39 is 5.91 Å². The molecule has 0 bridgehead atoms. The molecule has 0 spiro atoms. The molecule has 126 valence electrons. The van der Waals surface area contributed by atoms with Gasteiger partial charge >= 0.3 is 0 Å². The maximum Gasteiger partial charge on any atom is 0.269 e. The second-order valence-corrected chi connectivity index (χ2v) is 5.77. The number of aliphatic hydroxyl groups is 1. The summed E-state index contributed by atoms with van der Waals surface area (Å²) < 4.78 is 0. The number of para-hydroxylation sites is 1. The minimum atomic E-state index is -0.547. The quantitative estimate of drug-likeness (QED) is 0.568. The van der Waals surface area contributed by atoms with Crippen LogP contribution in [0, 0.1) is 5.41 Å². The predicted octanol–water partition coefficient (Wildman–Crippen LogP) is 3.08. The Bertz CT molecular complexity index is 730. The predicted molar refractivity (Wildman–Crippen MR) is 97.2 cm³/mol. The Labute approximate surface area is 150 Å². The van der Waals surface area contributed by atoms with Crippen LogP contribution in [0.2, 0.25) is 10.0 Å². The average molecular weight is 366 g/mol. The Kier molecular flexibility index (Phi) is 6.61. The van der Waals surface area contributed by atoms with E-state index in [0.29, 0.717) is 27.8 Å². The highest BCUT2D eigenvalue weighted by Crippen LogP contribution is 2.26. The van der Waals surface area contributed by atoms with Gasteiger partial charge < -0.3 is 15.7 Å². The van der Waals surface area contributed by atoms with Gasteiger partial charge in [0.1, 0.15) is 5.71 Å². The van der Waals surface area contributed by atoms with Crippen molar-refractivity contribution in [2.75, 3.05) is 18.5 Å². The topological polar surface area (TPSA) is 85.2 Å².